The zero-order valence-electron chi connectivity index (χ0n) is 18.7. The zero-order chi connectivity index (χ0) is 22.1. The molecule has 5 nitrogen and oxygen atoms in total. The average molecular weight is 418 g/mol. The second kappa shape index (κ2) is 8.44. The highest BCUT2D eigenvalue weighted by Crippen LogP contribution is 2.45. The predicted octanol–water partition coefficient (Wildman–Crippen LogP) is 3.09. The van der Waals surface area contributed by atoms with Gasteiger partial charge >= 0.3 is 5.97 Å². The average Bonchev–Trinajstić information content (AvgIpc) is 2.76. The molecular formula is C26H29N2O3+. The Kier molecular flexibility index (Phi) is 5.70. The molecular weight excluding hydrogens is 388 g/mol. The van der Waals surface area contributed by atoms with Crippen molar-refractivity contribution >= 4 is 17.2 Å². The van der Waals surface area contributed by atoms with E-state index in [1.54, 1.807) is 0 Å². The lowest BCUT2D eigenvalue weighted by atomic mass is 9.85. The molecule has 1 N–H and O–H groups in total. The van der Waals surface area contributed by atoms with Crippen LogP contribution in [0.3, 0.4) is 0 Å². The SMILES string of the molecule is CCOC(=O)c1ccccc1C1=C2C=CC([NH+](C)C)C=C2Oc2cc(N(C)C)ccc21. The summed E-state index contributed by atoms with van der Waals surface area (Å²) in [5.74, 6) is 1.30. The van der Waals surface area contributed by atoms with E-state index in [2.05, 4.69) is 55.4 Å². The van der Waals surface area contributed by atoms with Gasteiger partial charge in [-0.1, -0.05) is 18.2 Å². The molecule has 0 aromatic heterocycles. The fourth-order valence-electron chi connectivity index (χ4n) is 3.97. The van der Waals surface area contributed by atoms with Crippen LogP contribution in [0.15, 0.2) is 72.0 Å². The van der Waals surface area contributed by atoms with Gasteiger partial charge < -0.3 is 19.3 Å². The molecule has 2 aromatic rings. The van der Waals surface area contributed by atoms with Crippen LogP contribution in [-0.4, -0.2) is 46.8 Å². The summed E-state index contributed by atoms with van der Waals surface area (Å²) in [6.45, 7) is 2.16. The van der Waals surface area contributed by atoms with Crippen LogP contribution in [-0.2, 0) is 4.74 Å². The molecule has 4 rings (SSSR count). The van der Waals surface area contributed by atoms with Crippen molar-refractivity contribution in [2.24, 2.45) is 0 Å². The van der Waals surface area contributed by atoms with E-state index in [0.29, 0.717) is 12.2 Å². The summed E-state index contributed by atoms with van der Waals surface area (Å²) in [5, 5.41) is 0. The quantitative estimate of drug-likeness (QED) is 0.760. The highest BCUT2D eigenvalue weighted by molar-refractivity contribution is 6.01. The monoisotopic (exact) mass is 417 g/mol. The van der Waals surface area contributed by atoms with Gasteiger partial charge in [-0.05, 0) is 42.8 Å². The molecule has 0 saturated carbocycles. The number of esters is 1. The van der Waals surface area contributed by atoms with E-state index >= 15 is 0 Å². The van der Waals surface area contributed by atoms with E-state index in [1.165, 1.54) is 4.90 Å². The normalized spacial score (nSPS) is 17.0. The molecule has 31 heavy (non-hydrogen) atoms. The number of hydrogen-bond acceptors (Lipinski definition) is 4. The number of anilines is 1. The van der Waals surface area contributed by atoms with Crippen molar-refractivity contribution in [1.82, 2.24) is 0 Å². The lowest BCUT2D eigenvalue weighted by molar-refractivity contribution is -0.871. The standard InChI is InChI=1S/C26H28N2O3/c1-6-30-26(29)20-10-8-7-9-19(20)25-21-13-11-17(27(2)3)15-23(21)31-24-16-18(28(4)5)12-14-22(24)25/h7-17H,6H2,1-5H3/p+1. The number of quaternary nitrogens is 1. The first-order chi connectivity index (χ1) is 14.9. The van der Waals surface area contributed by atoms with Crippen molar-refractivity contribution in [3.63, 3.8) is 0 Å². The van der Waals surface area contributed by atoms with E-state index in [-0.39, 0.29) is 12.0 Å². The van der Waals surface area contributed by atoms with Crippen molar-refractivity contribution in [2.45, 2.75) is 13.0 Å². The molecule has 0 amide bonds. The number of rotatable bonds is 5. The molecule has 2 aliphatic rings. The first kappa shape index (κ1) is 20.9. The molecule has 0 saturated heterocycles. The number of likely N-dealkylation sites (N-methyl/N-ethyl adjacent to an activating group) is 1. The number of hydrogen-bond donors (Lipinski definition) is 1. The van der Waals surface area contributed by atoms with Gasteiger partial charge in [-0.3, -0.25) is 0 Å². The largest absolute Gasteiger partial charge is 0.462 e. The Morgan fingerprint density at radius 1 is 1.13 bits per heavy atom. The molecule has 0 fully saturated rings. The highest BCUT2D eigenvalue weighted by Gasteiger charge is 2.30. The van der Waals surface area contributed by atoms with Gasteiger partial charge in [0.1, 0.15) is 17.6 Å². The molecule has 5 heteroatoms. The number of fused-ring (bicyclic) bond motifs is 2. The summed E-state index contributed by atoms with van der Waals surface area (Å²) >= 11 is 0. The summed E-state index contributed by atoms with van der Waals surface area (Å²) in [5.41, 5.74) is 5.41. The third-order valence-corrected chi connectivity index (χ3v) is 5.67. The number of allylic oxidation sites excluding steroid dienone is 1. The highest BCUT2D eigenvalue weighted by atomic mass is 16.5. The summed E-state index contributed by atoms with van der Waals surface area (Å²) in [6, 6.07) is 14.1. The lowest BCUT2D eigenvalue weighted by Crippen LogP contribution is -3.09. The fourth-order valence-corrected chi connectivity index (χ4v) is 3.97. The van der Waals surface area contributed by atoms with E-state index in [4.69, 9.17) is 9.47 Å². The molecule has 160 valence electrons. The Hall–Kier alpha value is -3.31. The van der Waals surface area contributed by atoms with E-state index in [0.717, 1.165) is 39.5 Å². The van der Waals surface area contributed by atoms with Crippen molar-refractivity contribution in [3.8, 4) is 5.75 Å². The summed E-state index contributed by atoms with van der Waals surface area (Å²) in [4.78, 5) is 16.1. The van der Waals surface area contributed by atoms with E-state index in [9.17, 15) is 4.79 Å². The topological polar surface area (TPSA) is 43.2 Å². The maximum absolute atomic E-state index is 12.7. The fraction of sp³-hybridized carbons (Fsp3) is 0.269. The van der Waals surface area contributed by atoms with Crippen LogP contribution >= 0.6 is 0 Å². The predicted molar refractivity (Wildman–Crippen MR) is 124 cm³/mol. The van der Waals surface area contributed by atoms with Crippen LogP contribution in [0.25, 0.3) is 5.57 Å². The summed E-state index contributed by atoms with van der Waals surface area (Å²) in [6.07, 6.45) is 6.46. The molecule has 0 bridgehead atoms. The van der Waals surface area contributed by atoms with Crippen molar-refractivity contribution in [3.05, 3.63) is 88.7 Å². The molecule has 0 spiro atoms. The van der Waals surface area contributed by atoms with Gasteiger partial charge in [-0.25, -0.2) is 4.79 Å². The van der Waals surface area contributed by atoms with Crippen LogP contribution in [0.4, 0.5) is 5.69 Å². The minimum Gasteiger partial charge on any atom is -0.462 e. The molecule has 1 heterocycles. The second-order valence-corrected chi connectivity index (χ2v) is 8.22. The Bertz CT molecular complexity index is 1110. The van der Waals surface area contributed by atoms with Gasteiger partial charge in [0.2, 0.25) is 0 Å². The van der Waals surface area contributed by atoms with Crippen molar-refractivity contribution in [2.75, 3.05) is 39.7 Å². The van der Waals surface area contributed by atoms with Crippen LogP contribution in [0, 0.1) is 0 Å². The minimum atomic E-state index is -0.315. The Morgan fingerprint density at radius 2 is 1.90 bits per heavy atom. The van der Waals surface area contributed by atoms with Gasteiger partial charge in [0.25, 0.3) is 0 Å². The number of ether oxygens (including phenoxy) is 2. The molecule has 1 aliphatic heterocycles. The molecule has 1 unspecified atom stereocenters. The second-order valence-electron chi connectivity index (χ2n) is 8.22. The van der Waals surface area contributed by atoms with Gasteiger partial charge in [0.05, 0.1) is 26.3 Å². The van der Waals surface area contributed by atoms with Gasteiger partial charge in [-0.2, -0.15) is 0 Å². The van der Waals surface area contributed by atoms with Gasteiger partial charge in [0.15, 0.2) is 0 Å². The number of benzene rings is 2. The molecule has 1 atom stereocenters. The van der Waals surface area contributed by atoms with E-state index in [1.807, 2.05) is 45.3 Å². The smallest absolute Gasteiger partial charge is 0.338 e. The Labute approximate surface area is 183 Å². The van der Waals surface area contributed by atoms with Crippen molar-refractivity contribution < 1.29 is 19.2 Å². The number of carbonyl (C=O) groups excluding carboxylic acids is 1. The third kappa shape index (κ3) is 3.89. The van der Waals surface area contributed by atoms with Gasteiger partial charge in [-0.15, -0.1) is 0 Å². The molecule has 1 aliphatic carbocycles. The number of carbonyl (C=O) groups is 1. The maximum Gasteiger partial charge on any atom is 0.338 e. The van der Waals surface area contributed by atoms with Crippen LogP contribution in [0.5, 0.6) is 5.75 Å². The first-order valence-corrected chi connectivity index (χ1v) is 10.6. The van der Waals surface area contributed by atoms with E-state index < -0.39 is 0 Å². The summed E-state index contributed by atoms with van der Waals surface area (Å²) < 4.78 is 11.7. The lowest BCUT2D eigenvalue weighted by Gasteiger charge is -2.30. The van der Waals surface area contributed by atoms with Crippen molar-refractivity contribution in [1.29, 1.82) is 0 Å². The third-order valence-electron chi connectivity index (χ3n) is 5.67. The number of nitrogens with one attached hydrogen (secondary N) is 1. The molecule has 0 radical (unpaired) electrons. The zero-order valence-corrected chi connectivity index (χ0v) is 18.7. The molecule has 2 aromatic carbocycles. The van der Waals surface area contributed by atoms with Gasteiger partial charge in [0, 0.05) is 48.6 Å². The summed E-state index contributed by atoms with van der Waals surface area (Å²) in [7, 11) is 8.27. The Balaban J connectivity index is 1.96. The van der Waals surface area contributed by atoms with Crippen LogP contribution in [0.2, 0.25) is 0 Å². The minimum absolute atomic E-state index is 0.221. The number of nitrogens with zero attached hydrogens (tertiary/aromatic N) is 1. The Morgan fingerprint density at radius 3 is 2.61 bits per heavy atom. The van der Waals surface area contributed by atoms with Crippen LogP contribution in [0.1, 0.15) is 28.4 Å². The first-order valence-electron chi connectivity index (χ1n) is 10.6. The van der Waals surface area contributed by atoms with Crippen LogP contribution < -0.4 is 14.5 Å². The maximum atomic E-state index is 12.7.